The molecule has 0 heterocycles. The van der Waals surface area contributed by atoms with Gasteiger partial charge in [0, 0.05) is 5.38 Å². The zero-order chi connectivity index (χ0) is 26.7. The Bertz CT molecular complexity index is 495. The van der Waals surface area contributed by atoms with Crippen LogP contribution in [0.2, 0.25) is 0 Å². The van der Waals surface area contributed by atoms with Crippen molar-refractivity contribution in [1.29, 1.82) is 0 Å². The van der Waals surface area contributed by atoms with Gasteiger partial charge in [-0.3, -0.25) is 9.59 Å². The van der Waals surface area contributed by atoms with Crippen LogP contribution in [0.3, 0.4) is 0 Å². The van der Waals surface area contributed by atoms with Crippen LogP contribution in [0.1, 0.15) is 162 Å². The molecule has 0 aromatic carbocycles. The highest BCUT2D eigenvalue weighted by atomic mass is 35.5. The van der Waals surface area contributed by atoms with E-state index >= 15 is 0 Å². The molecule has 0 fully saturated rings. The number of halogens is 1. The molecule has 0 aliphatic carbocycles. The number of rotatable bonds is 27. The van der Waals surface area contributed by atoms with E-state index in [0.717, 1.165) is 25.7 Å². The Morgan fingerprint density at radius 2 is 0.944 bits per heavy atom. The number of unbranched alkanes of at least 4 members (excludes halogenated alkanes) is 18. The molecule has 0 aliphatic rings. The summed E-state index contributed by atoms with van der Waals surface area (Å²) in [6.07, 6.45) is 25.4. The molecular formula is C31H59ClO4. The molecule has 0 rings (SSSR count). The Balaban J connectivity index is 3.85. The van der Waals surface area contributed by atoms with Gasteiger partial charge in [0.1, 0.15) is 0 Å². The maximum Gasteiger partial charge on any atom is 0.309 e. The normalized spacial score (nSPS) is 12.9. The quantitative estimate of drug-likeness (QED) is 0.0602. The van der Waals surface area contributed by atoms with Crippen LogP contribution < -0.4 is 0 Å². The SMILES string of the molecule is CCCCCCCCCCCCOC(=O)CC(CC(C)Cl)C(=O)OCCCCCCCCCCCC. The van der Waals surface area contributed by atoms with Crippen LogP contribution in [-0.2, 0) is 19.1 Å². The lowest BCUT2D eigenvalue weighted by molar-refractivity contribution is -0.155. The Morgan fingerprint density at radius 1 is 0.583 bits per heavy atom. The first kappa shape index (κ1) is 35.2. The molecule has 5 heteroatoms. The van der Waals surface area contributed by atoms with Gasteiger partial charge in [0.05, 0.1) is 25.6 Å². The van der Waals surface area contributed by atoms with Crippen molar-refractivity contribution in [1.82, 2.24) is 0 Å². The Hall–Kier alpha value is -0.770. The van der Waals surface area contributed by atoms with Crippen LogP contribution in [0, 0.1) is 5.92 Å². The second-order valence-corrected chi connectivity index (χ2v) is 11.4. The van der Waals surface area contributed by atoms with Crippen LogP contribution in [0.4, 0.5) is 0 Å². The zero-order valence-electron chi connectivity index (χ0n) is 24.1. The van der Waals surface area contributed by atoms with Gasteiger partial charge >= 0.3 is 11.9 Å². The highest BCUT2D eigenvalue weighted by molar-refractivity contribution is 6.20. The zero-order valence-corrected chi connectivity index (χ0v) is 24.9. The molecular weight excluding hydrogens is 472 g/mol. The van der Waals surface area contributed by atoms with E-state index in [2.05, 4.69) is 13.8 Å². The Labute approximate surface area is 229 Å². The number of alkyl halides is 1. The molecule has 0 aromatic rings. The molecule has 0 saturated heterocycles. The van der Waals surface area contributed by atoms with E-state index in [9.17, 15) is 9.59 Å². The van der Waals surface area contributed by atoms with Crippen molar-refractivity contribution in [2.75, 3.05) is 13.2 Å². The maximum atomic E-state index is 12.5. The minimum Gasteiger partial charge on any atom is -0.466 e. The molecule has 0 spiro atoms. The van der Waals surface area contributed by atoms with E-state index in [-0.39, 0.29) is 23.7 Å². The summed E-state index contributed by atoms with van der Waals surface area (Å²) in [4.78, 5) is 24.8. The lowest BCUT2D eigenvalue weighted by Gasteiger charge is -2.16. The number of carbonyl (C=O) groups is 2. The minimum absolute atomic E-state index is 0.0612. The van der Waals surface area contributed by atoms with Crippen molar-refractivity contribution in [2.45, 2.75) is 167 Å². The lowest BCUT2D eigenvalue weighted by atomic mass is 10.00. The summed E-state index contributed by atoms with van der Waals surface area (Å²) in [7, 11) is 0. The van der Waals surface area contributed by atoms with Gasteiger partial charge in [0.2, 0.25) is 0 Å². The molecule has 0 amide bonds. The van der Waals surface area contributed by atoms with Gasteiger partial charge < -0.3 is 9.47 Å². The molecule has 36 heavy (non-hydrogen) atoms. The summed E-state index contributed by atoms with van der Waals surface area (Å²) in [5, 5.41) is -0.186. The molecule has 0 N–H and O–H groups in total. The van der Waals surface area contributed by atoms with E-state index in [4.69, 9.17) is 21.1 Å². The first-order chi connectivity index (χ1) is 17.5. The molecule has 4 nitrogen and oxygen atoms in total. The summed E-state index contributed by atoms with van der Waals surface area (Å²) in [5.41, 5.74) is 0. The fourth-order valence-corrected chi connectivity index (χ4v) is 4.79. The van der Waals surface area contributed by atoms with Crippen molar-refractivity contribution in [3.63, 3.8) is 0 Å². The number of esters is 2. The van der Waals surface area contributed by atoms with Crippen molar-refractivity contribution in [2.24, 2.45) is 5.92 Å². The predicted octanol–water partition coefficient (Wildman–Crippen LogP) is 9.94. The van der Waals surface area contributed by atoms with Crippen molar-refractivity contribution < 1.29 is 19.1 Å². The minimum atomic E-state index is -0.513. The van der Waals surface area contributed by atoms with Crippen LogP contribution in [0.5, 0.6) is 0 Å². The smallest absolute Gasteiger partial charge is 0.309 e. The van der Waals surface area contributed by atoms with E-state index in [0.29, 0.717) is 19.6 Å². The predicted molar refractivity (Wildman–Crippen MR) is 154 cm³/mol. The summed E-state index contributed by atoms with van der Waals surface area (Å²) in [6.45, 7) is 7.20. The van der Waals surface area contributed by atoms with E-state index in [1.54, 1.807) is 0 Å². The van der Waals surface area contributed by atoms with E-state index < -0.39 is 5.92 Å². The molecule has 0 saturated carbocycles. The standard InChI is InChI=1S/C31H59ClO4/c1-4-6-8-10-12-14-16-18-20-22-24-35-30(33)27-29(26-28(3)32)31(34)36-25-23-21-19-17-15-13-11-9-7-5-2/h28-29H,4-27H2,1-3H3. The second-order valence-electron chi connectivity index (χ2n) is 10.7. The number of hydrogen-bond donors (Lipinski definition) is 0. The fraction of sp³-hybridized carbons (Fsp3) is 0.935. The topological polar surface area (TPSA) is 52.6 Å². The molecule has 0 aliphatic heterocycles. The average Bonchev–Trinajstić information content (AvgIpc) is 2.85. The van der Waals surface area contributed by atoms with Gasteiger partial charge in [0.15, 0.2) is 0 Å². The first-order valence-corrected chi connectivity index (χ1v) is 15.9. The highest BCUT2D eigenvalue weighted by Crippen LogP contribution is 2.19. The van der Waals surface area contributed by atoms with Crippen molar-refractivity contribution >= 4 is 23.5 Å². The van der Waals surface area contributed by atoms with Crippen LogP contribution in [-0.4, -0.2) is 30.5 Å². The van der Waals surface area contributed by atoms with E-state index in [1.165, 1.54) is 103 Å². The third-order valence-electron chi connectivity index (χ3n) is 6.86. The summed E-state index contributed by atoms with van der Waals surface area (Å²) < 4.78 is 10.9. The fourth-order valence-electron chi connectivity index (χ4n) is 4.57. The van der Waals surface area contributed by atoms with Crippen LogP contribution >= 0.6 is 11.6 Å². The van der Waals surface area contributed by atoms with E-state index in [1.807, 2.05) is 6.92 Å². The van der Waals surface area contributed by atoms with Crippen LogP contribution in [0.25, 0.3) is 0 Å². The van der Waals surface area contributed by atoms with Gasteiger partial charge in [-0.15, -0.1) is 11.6 Å². The van der Waals surface area contributed by atoms with Gasteiger partial charge in [0.25, 0.3) is 0 Å². The number of ether oxygens (including phenoxy) is 2. The lowest BCUT2D eigenvalue weighted by Crippen LogP contribution is -2.24. The molecule has 0 aromatic heterocycles. The summed E-state index contributed by atoms with van der Waals surface area (Å²) >= 11 is 6.13. The van der Waals surface area contributed by atoms with Crippen molar-refractivity contribution in [3.05, 3.63) is 0 Å². The molecule has 2 unspecified atom stereocenters. The van der Waals surface area contributed by atoms with Crippen LogP contribution in [0.15, 0.2) is 0 Å². The summed E-state index contributed by atoms with van der Waals surface area (Å²) in [5.74, 6) is -1.14. The third kappa shape index (κ3) is 24.9. The molecule has 214 valence electrons. The van der Waals surface area contributed by atoms with Crippen molar-refractivity contribution in [3.8, 4) is 0 Å². The maximum absolute atomic E-state index is 12.5. The second kappa shape index (κ2) is 27.3. The average molecular weight is 531 g/mol. The Kier molecular flexibility index (Phi) is 26.7. The third-order valence-corrected chi connectivity index (χ3v) is 7.04. The largest absolute Gasteiger partial charge is 0.466 e. The van der Waals surface area contributed by atoms with Gasteiger partial charge in [-0.25, -0.2) is 0 Å². The van der Waals surface area contributed by atoms with Gasteiger partial charge in [-0.05, 0) is 26.2 Å². The Morgan fingerprint density at radius 3 is 1.33 bits per heavy atom. The molecule has 0 bridgehead atoms. The first-order valence-electron chi connectivity index (χ1n) is 15.5. The summed E-state index contributed by atoms with van der Waals surface area (Å²) in [6, 6.07) is 0. The van der Waals surface area contributed by atoms with Gasteiger partial charge in [-0.1, -0.05) is 129 Å². The number of carbonyl (C=O) groups excluding carboxylic acids is 2. The monoisotopic (exact) mass is 530 g/mol. The molecule has 0 radical (unpaired) electrons. The molecule has 2 atom stereocenters. The van der Waals surface area contributed by atoms with Gasteiger partial charge in [-0.2, -0.15) is 0 Å². The highest BCUT2D eigenvalue weighted by Gasteiger charge is 2.25. The number of hydrogen-bond acceptors (Lipinski definition) is 4.